The summed E-state index contributed by atoms with van der Waals surface area (Å²) in [6.45, 7) is 7.64. The SMILES string of the molecule is C/C=C/C(=O)c1cccc(C(=O)C(C)(C)CC)c1. The van der Waals surface area contributed by atoms with Crippen LogP contribution in [0.5, 0.6) is 0 Å². The van der Waals surface area contributed by atoms with Gasteiger partial charge in [0, 0.05) is 16.5 Å². The molecule has 0 aliphatic carbocycles. The van der Waals surface area contributed by atoms with Crippen molar-refractivity contribution in [2.45, 2.75) is 34.1 Å². The Morgan fingerprint density at radius 3 is 2.39 bits per heavy atom. The molecule has 0 aromatic heterocycles. The minimum absolute atomic E-state index is 0.0681. The Bertz CT molecular complexity index is 482. The zero-order chi connectivity index (χ0) is 13.8. The minimum Gasteiger partial charge on any atom is -0.294 e. The summed E-state index contributed by atoms with van der Waals surface area (Å²) < 4.78 is 0. The van der Waals surface area contributed by atoms with Crippen molar-refractivity contribution in [3.63, 3.8) is 0 Å². The molecular weight excluding hydrogens is 224 g/mol. The molecule has 0 heterocycles. The molecule has 96 valence electrons. The lowest BCUT2D eigenvalue weighted by atomic mass is 9.81. The number of rotatable bonds is 5. The van der Waals surface area contributed by atoms with Crippen LogP contribution in [-0.4, -0.2) is 11.6 Å². The highest BCUT2D eigenvalue weighted by atomic mass is 16.1. The monoisotopic (exact) mass is 244 g/mol. The van der Waals surface area contributed by atoms with Crippen molar-refractivity contribution in [2.75, 3.05) is 0 Å². The van der Waals surface area contributed by atoms with E-state index in [0.29, 0.717) is 11.1 Å². The lowest BCUT2D eigenvalue weighted by Gasteiger charge is -2.20. The number of benzene rings is 1. The van der Waals surface area contributed by atoms with Gasteiger partial charge in [-0.25, -0.2) is 0 Å². The topological polar surface area (TPSA) is 34.1 Å². The molecule has 0 amide bonds. The van der Waals surface area contributed by atoms with Gasteiger partial charge in [-0.05, 0) is 25.5 Å². The first-order valence-corrected chi connectivity index (χ1v) is 6.24. The summed E-state index contributed by atoms with van der Waals surface area (Å²) in [7, 11) is 0. The van der Waals surface area contributed by atoms with E-state index >= 15 is 0 Å². The summed E-state index contributed by atoms with van der Waals surface area (Å²) in [6.07, 6.45) is 3.99. The van der Waals surface area contributed by atoms with Crippen LogP contribution in [0.4, 0.5) is 0 Å². The first kappa shape index (κ1) is 14.4. The summed E-state index contributed by atoms with van der Waals surface area (Å²) in [5, 5.41) is 0. The highest BCUT2D eigenvalue weighted by Gasteiger charge is 2.26. The Morgan fingerprint density at radius 1 is 1.22 bits per heavy atom. The quantitative estimate of drug-likeness (QED) is 0.578. The minimum atomic E-state index is -0.387. The lowest BCUT2D eigenvalue weighted by Crippen LogP contribution is -2.23. The molecule has 0 aliphatic rings. The average Bonchev–Trinajstić information content (AvgIpc) is 2.38. The third-order valence-corrected chi connectivity index (χ3v) is 3.23. The second-order valence-corrected chi connectivity index (χ2v) is 5.01. The van der Waals surface area contributed by atoms with E-state index < -0.39 is 0 Å². The number of carbonyl (C=O) groups excluding carboxylic acids is 2. The molecule has 1 aromatic carbocycles. The van der Waals surface area contributed by atoms with Crippen LogP contribution in [-0.2, 0) is 0 Å². The van der Waals surface area contributed by atoms with Crippen molar-refractivity contribution in [1.82, 2.24) is 0 Å². The van der Waals surface area contributed by atoms with Gasteiger partial charge in [-0.1, -0.05) is 45.0 Å². The third-order valence-electron chi connectivity index (χ3n) is 3.23. The zero-order valence-corrected chi connectivity index (χ0v) is 11.5. The second kappa shape index (κ2) is 5.76. The Balaban J connectivity index is 3.10. The summed E-state index contributed by atoms with van der Waals surface area (Å²) >= 11 is 0. The van der Waals surface area contributed by atoms with Gasteiger partial charge < -0.3 is 0 Å². The molecule has 0 N–H and O–H groups in total. The van der Waals surface area contributed by atoms with Crippen LogP contribution in [0.1, 0.15) is 54.8 Å². The fraction of sp³-hybridized carbons (Fsp3) is 0.375. The van der Waals surface area contributed by atoms with Crippen molar-refractivity contribution in [2.24, 2.45) is 5.41 Å². The van der Waals surface area contributed by atoms with Gasteiger partial charge in [0.15, 0.2) is 11.6 Å². The Hall–Kier alpha value is -1.70. The maximum Gasteiger partial charge on any atom is 0.185 e. The Kier molecular flexibility index (Phi) is 4.60. The molecular formula is C16H20O2. The highest BCUT2D eigenvalue weighted by molar-refractivity contribution is 6.07. The van der Waals surface area contributed by atoms with Crippen LogP contribution in [0.3, 0.4) is 0 Å². The van der Waals surface area contributed by atoms with Crippen molar-refractivity contribution in [1.29, 1.82) is 0 Å². The molecule has 0 unspecified atom stereocenters. The van der Waals surface area contributed by atoms with E-state index in [9.17, 15) is 9.59 Å². The Morgan fingerprint density at radius 2 is 1.83 bits per heavy atom. The largest absolute Gasteiger partial charge is 0.294 e. The third kappa shape index (κ3) is 3.16. The molecule has 0 radical (unpaired) electrons. The van der Waals surface area contributed by atoms with Gasteiger partial charge >= 0.3 is 0 Å². The van der Waals surface area contributed by atoms with E-state index in [4.69, 9.17) is 0 Å². The van der Waals surface area contributed by atoms with Gasteiger partial charge in [-0.3, -0.25) is 9.59 Å². The molecule has 0 fully saturated rings. The second-order valence-electron chi connectivity index (χ2n) is 5.01. The molecule has 0 aliphatic heterocycles. The molecule has 0 saturated carbocycles. The fourth-order valence-electron chi connectivity index (χ4n) is 1.61. The number of Topliss-reactive ketones (excluding diaryl/α,β-unsaturated/α-hetero) is 1. The Labute approximate surface area is 109 Å². The van der Waals surface area contributed by atoms with Gasteiger partial charge in [0.05, 0.1) is 0 Å². The summed E-state index contributed by atoms with van der Waals surface area (Å²) in [6, 6.07) is 6.95. The van der Waals surface area contributed by atoms with Gasteiger partial charge in [-0.2, -0.15) is 0 Å². The van der Waals surface area contributed by atoms with Gasteiger partial charge in [-0.15, -0.1) is 0 Å². The summed E-state index contributed by atoms with van der Waals surface area (Å²) in [4.78, 5) is 24.0. The molecule has 0 saturated heterocycles. The first-order chi connectivity index (χ1) is 8.42. The predicted molar refractivity (Wildman–Crippen MR) is 74.0 cm³/mol. The molecule has 0 spiro atoms. The summed E-state index contributed by atoms with van der Waals surface area (Å²) in [5.74, 6) is 0.0154. The van der Waals surface area contributed by atoms with Crippen molar-refractivity contribution < 1.29 is 9.59 Å². The van der Waals surface area contributed by atoms with Crippen LogP contribution in [0.15, 0.2) is 36.4 Å². The predicted octanol–water partition coefficient (Wildman–Crippen LogP) is 4.06. The van der Waals surface area contributed by atoms with E-state index in [1.807, 2.05) is 20.8 Å². The van der Waals surface area contributed by atoms with Crippen molar-refractivity contribution >= 4 is 11.6 Å². The highest BCUT2D eigenvalue weighted by Crippen LogP contribution is 2.25. The number of ketones is 2. The van der Waals surface area contributed by atoms with Crippen molar-refractivity contribution in [3.8, 4) is 0 Å². The smallest absolute Gasteiger partial charge is 0.185 e. The maximum atomic E-state index is 12.3. The molecule has 1 rings (SSSR count). The van der Waals surface area contributed by atoms with Crippen LogP contribution in [0.25, 0.3) is 0 Å². The molecule has 0 atom stereocenters. The maximum absolute atomic E-state index is 12.3. The molecule has 18 heavy (non-hydrogen) atoms. The van der Waals surface area contributed by atoms with E-state index in [2.05, 4.69) is 0 Å². The normalized spacial score (nSPS) is 11.8. The molecule has 2 nitrogen and oxygen atoms in total. The van der Waals surface area contributed by atoms with E-state index in [1.54, 1.807) is 37.3 Å². The number of carbonyl (C=O) groups is 2. The van der Waals surface area contributed by atoms with Gasteiger partial charge in [0.1, 0.15) is 0 Å². The van der Waals surface area contributed by atoms with Crippen molar-refractivity contribution in [3.05, 3.63) is 47.5 Å². The number of allylic oxidation sites excluding steroid dienone is 2. The first-order valence-electron chi connectivity index (χ1n) is 6.24. The van der Waals surface area contributed by atoms with Crippen LogP contribution < -0.4 is 0 Å². The van der Waals surface area contributed by atoms with E-state index in [1.165, 1.54) is 6.08 Å². The van der Waals surface area contributed by atoms with E-state index in [0.717, 1.165) is 6.42 Å². The fourth-order valence-corrected chi connectivity index (χ4v) is 1.61. The van der Waals surface area contributed by atoms with Crippen LogP contribution >= 0.6 is 0 Å². The lowest BCUT2D eigenvalue weighted by molar-refractivity contribution is 0.0833. The van der Waals surface area contributed by atoms with Crippen LogP contribution in [0.2, 0.25) is 0 Å². The zero-order valence-electron chi connectivity index (χ0n) is 11.5. The standard InChI is InChI=1S/C16H20O2/c1-5-8-14(17)12-9-7-10-13(11-12)15(18)16(3,4)6-2/h5,7-11H,6H2,1-4H3/b8-5+. The van der Waals surface area contributed by atoms with E-state index in [-0.39, 0.29) is 17.0 Å². The number of hydrogen-bond acceptors (Lipinski definition) is 2. The molecule has 2 heteroatoms. The molecule has 1 aromatic rings. The van der Waals surface area contributed by atoms with Gasteiger partial charge in [0.25, 0.3) is 0 Å². The van der Waals surface area contributed by atoms with Gasteiger partial charge in [0.2, 0.25) is 0 Å². The number of hydrogen-bond donors (Lipinski definition) is 0. The van der Waals surface area contributed by atoms with Crippen LogP contribution in [0, 0.1) is 5.41 Å². The molecule has 0 bridgehead atoms. The summed E-state index contributed by atoms with van der Waals surface area (Å²) in [5.41, 5.74) is 0.783. The average molecular weight is 244 g/mol.